The van der Waals surface area contributed by atoms with E-state index in [0.29, 0.717) is 6.61 Å². The van der Waals surface area contributed by atoms with Crippen LogP contribution in [0.2, 0.25) is 0 Å². The second-order valence-electron chi connectivity index (χ2n) is 7.08. The Morgan fingerprint density at radius 2 is 1.62 bits per heavy atom. The van der Waals surface area contributed by atoms with Crippen molar-refractivity contribution in [3.63, 3.8) is 0 Å². The molecule has 2 aromatic carbocycles. The molecular weight excluding hydrogens is 380 g/mol. The molecule has 0 spiro atoms. The molecule has 2 heterocycles. The van der Waals surface area contributed by atoms with Gasteiger partial charge in [0.15, 0.2) is 5.50 Å². The zero-order valence-electron chi connectivity index (χ0n) is 16.6. The minimum atomic E-state index is -0.0770. The molecule has 4 nitrogen and oxygen atoms in total. The Labute approximate surface area is 175 Å². The number of hydrogen-bond acceptors (Lipinski definition) is 4. The number of allylic oxidation sites excluding steroid dienone is 2. The fourth-order valence-corrected chi connectivity index (χ4v) is 4.60. The van der Waals surface area contributed by atoms with Crippen LogP contribution >= 0.6 is 11.8 Å². The number of ether oxygens (including phenoxy) is 1. The number of benzene rings is 2. The van der Waals surface area contributed by atoms with Gasteiger partial charge in [0, 0.05) is 29.4 Å². The van der Waals surface area contributed by atoms with Crippen molar-refractivity contribution in [2.75, 3.05) is 0 Å². The van der Waals surface area contributed by atoms with Crippen molar-refractivity contribution < 1.29 is 4.74 Å². The lowest BCUT2D eigenvalue weighted by molar-refractivity contribution is 0.262. The minimum Gasteiger partial charge on any atom is -0.489 e. The maximum Gasteiger partial charge on any atom is 0.253 e. The van der Waals surface area contributed by atoms with E-state index in [0.717, 1.165) is 17.9 Å². The van der Waals surface area contributed by atoms with Crippen molar-refractivity contribution in [2.24, 2.45) is 0 Å². The first-order valence-corrected chi connectivity index (χ1v) is 10.5. The SMILES string of the molecule is CC1=C(C)N(Cc2ccccc2)C(n2ccc(COc3ccccc3)cc2=O)S1. The van der Waals surface area contributed by atoms with E-state index in [4.69, 9.17) is 4.74 Å². The van der Waals surface area contributed by atoms with Crippen LogP contribution in [-0.4, -0.2) is 9.47 Å². The number of para-hydroxylation sites is 1. The Bertz CT molecular complexity index is 1060. The third kappa shape index (κ3) is 4.40. The fourth-order valence-electron chi connectivity index (χ4n) is 3.35. The number of nitrogens with zero attached hydrogens (tertiary/aromatic N) is 2. The van der Waals surface area contributed by atoms with Crippen LogP contribution < -0.4 is 10.3 Å². The van der Waals surface area contributed by atoms with Gasteiger partial charge in [-0.1, -0.05) is 60.3 Å². The van der Waals surface area contributed by atoms with Crippen molar-refractivity contribution in [1.82, 2.24) is 9.47 Å². The summed E-state index contributed by atoms with van der Waals surface area (Å²) in [6.45, 7) is 5.39. The molecule has 0 fully saturated rings. The van der Waals surface area contributed by atoms with Gasteiger partial charge in [-0.3, -0.25) is 9.36 Å². The summed E-state index contributed by atoms with van der Waals surface area (Å²) in [5.41, 5.74) is 3.22. The Morgan fingerprint density at radius 3 is 2.31 bits per heavy atom. The van der Waals surface area contributed by atoms with E-state index in [-0.39, 0.29) is 11.1 Å². The highest BCUT2D eigenvalue weighted by Gasteiger charge is 2.30. The van der Waals surface area contributed by atoms with Crippen molar-refractivity contribution in [2.45, 2.75) is 32.5 Å². The summed E-state index contributed by atoms with van der Waals surface area (Å²) in [6, 6.07) is 23.6. The summed E-state index contributed by atoms with van der Waals surface area (Å²) in [7, 11) is 0. The zero-order valence-corrected chi connectivity index (χ0v) is 17.4. The summed E-state index contributed by atoms with van der Waals surface area (Å²) in [5, 5.41) is 0. The third-order valence-corrected chi connectivity index (χ3v) is 6.43. The Hall–Kier alpha value is -2.92. The summed E-state index contributed by atoms with van der Waals surface area (Å²) >= 11 is 1.72. The quantitative estimate of drug-likeness (QED) is 0.552. The van der Waals surface area contributed by atoms with Crippen LogP contribution in [0.1, 0.15) is 30.5 Å². The van der Waals surface area contributed by atoms with Crippen LogP contribution in [0.15, 0.2) is 94.4 Å². The molecule has 1 aliphatic heterocycles. The molecule has 1 atom stereocenters. The van der Waals surface area contributed by atoms with E-state index >= 15 is 0 Å². The van der Waals surface area contributed by atoms with Gasteiger partial charge in [-0.2, -0.15) is 0 Å². The third-order valence-electron chi connectivity index (χ3n) is 5.08. The average molecular weight is 405 g/mol. The molecule has 0 saturated carbocycles. The van der Waals surface area contributed by atoms with Crippen LogP contribution in [0.5, 0.6) is 5.75 Å². The number of rotatable bonds is 6. The standard InChI is InChI=1S/C24H24N2O2S/c1-18-19(2)29-24(26(18)16-20-9-5-3-6-10-20)25-14-13-21(15-23(25)27)17-28-22-11-7-4-8-12-22/h3-15,24H,16-17H2,1-2H3. The molecule has 1 aliphatic rings. The maximum absolute atomic E-state index is 12.9. The Morgan fingerprint density at radius 1 is 0.931 bits per heavy atom. The molecular formula is C24H24N2O2S. The molecule has 4 rings (SSSR count). The van der Waals surface area contributed by atoms with Gasteiger partial charge in [0.1, 0.15) is 12.4 Å². The molecule has 0 radical (unpaired) electrons. The first kappa shape index (κ1) is 19.4. The summed E-state index contributed by atoms with van der Waals surface area (Å²) in [5.74, 6) is 0.799. The van der Waals surface area contributed by atoms with Crippen molar-refractivity contribution in [3.8, 4) is 5.75 Å². The second-order valence-corrected chi connectivity index (χ2v) is 8.35. The highest BCUT2D eigenvalue weighted by atomic mass is 32.2. The van der Waals surface area contributed by atoms with Crippen LogP contribution in [0.4, 0.5) is 0 Å². The van der Waals surface area contributed by atoms with Gasteiger partial charge in [0.05, 0.1) is 0 Å². The van der Waals surface area contributed by atoms with Gasteiger partial charge < -0.3 is 9.64 Å². The van der Waals surface area contributed by atoms with Crippen molar-refractivity contribution >= 4 is 11.8 Å². The predicted molar refractivity (Wildman–Crippen MR) is 118 cm³/mol. The van der Waals surface area contributed by atoms with Gasteiger partial charge in [0.2, 0.25) is 0 Å². The highest BCUT2D eigenvalue weighted by Crippen LogP contribution is 2.44. The maximum atomic E-state index is 12.9. The largest absolute Gasteiger partial charge is 0.489 e. The molecule has 5 heteroatoms. The van der Waals surface area contributed by atoms with Crippen LogP contribution in [0.25, 0.3) is 0 Å². The lowest BCUT2D eigenvalue weighted by Gasteiger charge is -2.29. The monoisotopic (exact) mass is 404 g/mol. The molecule has 3 aromatic rings. The van der Waals surface area contributed by atoms with E-state index in [1.807, 2.05) is 60.8 Å². The average Bonchev–Trinajstić information content (AvgIpc) is 3.02. The zero-order chi connectivity index (χ0) is 20.2. The first-order chi connectivity index (χ1) is 14.1. The number of thioether (sulfide) groups is 1. The fraction of sp³-hybridized carbons (Fsp3) is 0.208. The van der Waals surface area contributed by atoms with Gasteiger partial charge in [-0.25, -0.2) is 0 Å². The van der Waals surface area contributed by atoms with Gasteiger partial charge in [-0.15, -0.1) is 0 Å². The summed E-state index contributed by atoms with van der Waals surface area (Å²) in [4.78, 5) is 16.4. The summed E-state index contributed by atoms with van der Waals surface area (Å²) in [6.07, 6.45) is 1.88. The van der Waals surface area contributed by atoms with Crippen LogP contribution in [0.3, 0.4) is 0 Å². The van der Waals surface area contributed by atoms with Crippen molar-refractivity contribution in [1.29, 1.82) is 0 Å². The lowest BCUT2D eigenvalue weighted by atomic mass is 10.2. The normalized spacial score (nSPS) is 16.3. The highest BCUT2D eigenvalue weighted by molar-refractivity contribution is 8.03. The van der Waals surface area contributed by atoms with Gasteiger partial charge in [0.25, 0.3) is 5.56 Å². The van der Waals surface area contributed by atoms with E-state index in [9.17, 15) is 4.79 Å². The Balaban J connectivity index is 1.53. The molecule has 1 unspecified atom stereocenters. The van der Waals surface area contributed by atoms with Gasteiger partial charge >= 0.3 is 0 Å². The summed E-state index contributed by atoms with van der Waals surface area (Å²) < 4.78 is 7.58. The van der Waals surface area contributed by atoms with E-state index in [1.54, 1.807) is 22.4 Å². The molecule has 29 heavy (non-hydrogen) atoms. The number of aromatic nitrogens is 1. The first-order valence-electron chi connectivity index (χ1n) is 9.65. The van der Waals surface area contributed by atoms with E-state index in [1.165, 1.54) is 16.2 Å². The lowest BCUT2D eigenvalue weighted by Crippen LogP contribution is -2.32. The molecule has 0 bridgehead atoms. The molecule has 148 valence electrons. The van der Waals surface area contributed by atoms with Crippen molar-refractivity contribution in [3.05, 3.63) is 111 Å². The van der Waals surface area contributed by atoms with Crippen LogP contribution in [-0.2, 0) is 13.2 Å². The van der Waals surface area contributed by atoms with E-state index < -0.39 is 0 Å². The van der Waals surface area contributed by atoms with E-state index in [2.05, 4.69) is 30.9 Å². The molecule has 0 saturated heterocycles. The predicted octanol–water partition coefficient (Wildman–Crippen LogP) is 5.38. The van der Waals surface area contributed by atoms with Gasteiger partial charge in [-0.05, 0) is 43.2 Å². The topological polar surface area (TPSA) is 34.5 Å². The number of pyridine rings is 1. The molecule has 0 amide bonds. The molecule has 1 aromatic heterocycles. The number of hydrogen-bond donors (Lipinski definition) is 0. The molecule has 0 N–H and O–H groups in total. The second kappa shape index (κ2) is 8.62. The molecule has 0 aliphatic carbocycles. The smallest absolute Gasteiger partial charge is 0.253 e. The Kier molecular flexibility index (Phi) is 5.76. The van der Waals surface area contributed by atoms with Crippen LogP contribution in [0, 0.1) is 0 Å². The minimum absolute atomic E-state index is 0.0165.